The maximum absolute atomic E-state index is 13.6. The number of benzene rings is 2. The van der Waals surface area contributed by atoms with E-state index in [9.17, 15) is 41.7 Å². The SMILES string of the molecule is CC(C)(O)C(O)C1(O)C2CC[C@H]1CC(S(=O)(=O)c1cc(C(=O)Nc3cc(F)c(F)c(F)c3)ccc1Cl)C2. The molecule has 12 heteroatoms. The van der Waals surface area contributed by atoms with Crippen LogP contribution in [0, 0.1) is 29.3 Å². The Hall–Kier alpha value is -2.18. The second kappa shape index (κ2) is 9.53. The summed E-state index contributed by atoms with van der Waals surface area (Å²) >= 11 is 6.20. The minimum absolute atomic E-state index is 0.0172. The zero-order valence-electron chi connectivity index (χ0n) is 20.0. The first-order valence-corrected chi connectivity index (χ1v) is 13.6. The number of amides is 1. The Morgan fingerprint density at radius 1 is 1.11 bits per heavy atom. The minimum Gasteiger partial charge on any atom is -0.388 e. The summed E-state index contributed by atoms with van der Waals surface area (Å²) in [5.41, 5.74) is -3.77. The second-order valence-corrected chi connectivity index (χ2v) is 13.0. The van der Waals surface area contributed by atoms with Gasteiger partial charge in [0, 0.05) is 23.4 Å². The van der Waals surface area contributed by atoms with E-state index in [2.05, 4.69) is 5.32 Å². The summed E-state index contributed by atoms with van der Waals surface area (Å²) in [7, 11) is -4.11. The van der Waals surface area contributed by atoms with Crippen LogP contribution in [0.1, 0.15) is 49.9 Å². The lowest BCUT2D eigenvalue weighted by atomic mass is 9.68. The van der Waals surface area contributed by atoms with Crippen LogP contribution in [0.2, 0.25) is 5.02 Å². The molecule has 2 bridgehead atoms. The fourth-order valence-corrected chi connectivity index (χ4v) is 8.08. The zero-order valence-corrected chi connectivity index (χ0v) is 21.6. The number of fused-ring (bicyclic) bond motifs is 2. The molecule has 0 saturated heterocycles. The fraction of sp³-hybridized carbons (Fsp3) is 0.480. The Bertz CT molecular complexity index is 1310. The maximum atomic E-state index is 13.6. The van der Waals surface area contributed by atoms with E-state index in [1.165, 1.54) is 26.0 Å². The molecule has 1 amide bonds. The standard InChI is InChI=1S/C25H27ClF3NO6S/c1-24(2,33)23(32)25(34)13-4-5-14(25)9-16(8-13)37(35,36)20-7-12(3-6-17(20)26)22(31)30-15-10-18(27)21(29)19(28)11-15/h3,6-7,10-11,13-14,16,23,32-34H,4-5,8-9H2,1-2H3,(H,30,31)/t13-,14?,16?,23?,25?/m0/s1. The Kier molecular flexibility index (Phi) is 7.17. The van der Waals surface area contributed by atoms with Crippen LogP contribution < -0.4 is 5.32 Å². The fourth-order valence-electron chi connectivity index (χ4n) is 5.68. The van der Waals surface area contributed by atoms with Gasteiger partial charge < -0.3 is 20.6 Å². The van der Waals surface area contributed by atoms with Crippen molar-refractivity contribution in [2.75, 3.05) is 5.32 Å². The van der Waals surface area contributed by atoms with E-state index in [1.54, 1.807) is 0 Å². The Morgan fingerprint density at radius 2 is 1.65 bits per heavy atom. The molecule has 4 unspecified atom stereocenters. The summed E-state index contributed by atoms with van der Waals surface area (Å²) < 4.78 is 67.4. The summed E-state index contributed by atoms with van der Waals surface area (Å²) in [4.78, 5) is 12.4. The molecule has 37 heavy (non-hydrogen) atoms. The molecule has 0 radical (unpaired) electrons. The molecule has 2 saturated carbocycles. The van der Waals surface area contributed by atoms with Crippen molar-refractivity contribution in [3.63, 3.8) is 0 Å². The van der Waals surface area contributed by atoms with E-state index in [1.807, 2.05) is 0 Å². The Labute approximate surface area is 217 Å². The molecular formula is C25H27ClF3NO6S. The van der Waals surface area contributed by atoms with Gasteiger partial charge in [0.2, 0.25) is 0 Å². The largest absolute Gasteiger partial charge is 0.388 e. The monoisotopic (exact) mass is 561 g/mol. The van der Waals surface area contributed by atoms with Crippen molar-refractivity contribution in [1.29, 1.82) is 0 Å². The predicted octanol–water partition coefficient (Wildman–Crippen LogP) is 3.83. The van der Waals surface area contributed by atoms with Crippen molar-refractivity contribution >= 4 is 33.0 Å². The van der Waals surface area contributed by atoms with Gasteiger partial charge in [0.05, 0.1) is 26.4 Å². The highest BCUT2D eigenvalue weighted by Gasteiger charge is 2.61. The number of aliphatic hydroxyl groups excluding tert-OH is 1. The number of halogens is 4. The van der Waals surface area contributed by atoms with Gasteiger partial charge in [0.1, 0.15) is 6.10 Å². The Morgan fingerprint density at radius 3 is 2.16 bits per heavy atom. The van der Waals surface area contributed by atoms with Crippen molar-refractivity contribution in [3.05, 3.63) is 58.4 Å². The van der Waals surface area contributed by atoms with Gasteiger partial charge in [0.25, 0.3) is 5.91 Å². The number of aliphatic hydroxyl groups is 3. The van der Waals surface area contributed by atoms with E-state index >= 15 is 0 Å². The molecule has 2 aliphatic carbocycles. The molecule has 5 atom stereocenters. The molecule has 2 fully saturated rings. The summed E-state index contributed by atoms with van der Waals surface area (Å²) in [6.45, 7) is 2.76. The van der Waals surface area contributed by atoms with Gasteiger partial charge in [-0.3, -0.25) is 4.79 Å². The van der Waals surface area contributed by atoms with Gasteiger partial charge in [-0.25, -0.2) is 21.6 Å². The topological polar surface area (TPSA) is 124 Å². The van der Waals surface area contributed by atoms with Crippen molar-refractivity contribution in [2.24, 2.45) is 11.8 Å². The van der Waals surface area contributed by atoms with E-state index in [0.29, 0.717) is 25.0 Å². The summed E-state index contributed by atoms with van der Waals surface area (Å²) in [5.74, 6) is -6.76. The van der Waals surface area contributed by atoms with Gasteiger partial charge >= 0.3 is 0 Å². The van der Waals surface area contributed by atoms with Gasteiger partial charge in [-0.05, 0) is 69.6 Å². The average molecular weight is 562 g/mol. The first-order valence-electron chi connectivity index (χ1n) is 11.7. The third-order valence-corrected chi connectivity index (χ3v) is 10.2. The zero-order chi connectivity index (χ0) is 27.5. The lowest BCUT2D eigenvalue weighted by molar-refractivity contribution is -0.200. The molecule has 2 aromatic carbocycles. The smallest absolute Gasteiger partial charge is 0.255 e. The van der Waals surface area contributed by atoms with Crippen LogP contribution >= 0.6 is 11.6 Å². The quantitative estimate of drug-likeness (QED) is 0.397. The average Bonchev–Trinajstić information content (AvgIpc) is 2.97. The van der Waals surface area contributed by atoms with Gasteiger partial charge in [0.15, 0.2) is 27.3 Å². The van der Waals surface area contributed by atoms with E-state index in [-0.39, 0.29) is 34.0 Å². The first-order chi connectivity index (χ1) is 17.1. The summed E-state index contributed by atoms with van der Waals surface area (Å²) in [6, 6.07) is 4.67. The molecule has 0 aliphatic heterocycles. The normalized spacial score (nSPS) is 26.7. The molecular weight excluding hydrogens is 535 g/mol. The van der Waals surface area contributed by atoms with Crippen LogP contribution in [0.4, 0.5) is 18.9 Å². The number of carbonyl (C=O) groups excluding carboxylic acids is 1. The van der Waals surface area contributed by atoms with E-state index < -0.39 is 67.6 Å². The van der Waals surface area contributed by atoms with Gasteiger partial charge in [-0.15, -0.1) is 0 Å². The van der Waals surface area contributed by atoms with Gasteiger partial charge in [-0.2, -0.15) is 0 Å². The molecule has 4 rings (SSSR count). The van der Waals surface area contributed by atoms with Crippen LogP contribution in [0.5, 0.6) is 0 Å². The number of nitrogens with one attached hydrogen (secondary N) is 1. The lowest BCUT2D eigenvalue weighted by Crippen LogP contribution is -2.62. The third-order valence-electron chi connectivity index (χ3n) is 7.55. The molecule has 2 aliphatic rings. The number of sulfone groups is 1. The highest BCUT2D eigenvalue weighted by molar-refractivity contribution is 7.92. The third kappa shape index (κ3) is 4.87. The number of carbonyl (C=O) groups is 1. The maximum Gasteiger partial charge on any atom is 0.255 e. The van der Waals surface area contributed by atoms with Crippen LogP contribution in [0.15, 0.2) is 35.2 Å². The second-order valence-electron chi connectivity index (χ2n) is 10.4. The molecule has 0 heterocycles. The lowest BCUT2D eigenvalue weighted by Gasteiger charge is -2.48. The van der Waals surface area contributed by atoms with Gasteiger partial charge in [-0.1, -0.05) is 11.6 Å². The summed E-state index contributed by atoms with van der Waals surface area (Å²) in [6.07, 6.45) is -0.493. The summed E-state index contributed by atoms with van der Waals surface area (Å²) in [5, 5.41) is 33.4. The van der Waals surface area contributed by atoms with E-state index in [4.69, 9.17) is 11.6 Å². The highest BCUT2D eigenvalue weighted by atomic mass is 35.5. The molecule has 202 valence electrons. The number of hydrogen-bond acceptors (Lipinski definition) is 6. The van der Waals surface area contributed by atoms with Crippen LogP contribution in [0.3, 0.4) is 0 Å². The number of anilines is 1. The first kappa shape index (κ1) is 27.8. The molecule has 4 N–H and O–H groups in total. The number of rotatable bonds is 6. The minimum atomic E-state index is -4.11. The predicted molar refractivity (Wildman–Crippen MR) is 129 cm³/mol. The molecule has 7 nitrogen and oxygen atoms in total. The van der Waals surface area contributed by atoms with Crippen LogP contribution in [-0.4, -0.2) is 52.2 Å². The Balaban J connectivity index is 1.60. The van der Waals surface area contributed by atoms with Crippen molar-refractivity contribution in [3.8, 4) is 0 Å². The molecule has 2 aromatic rings. The van der Waals surface area contributed by atoms with Crippen molar-refractivity contribution < 1.29 is 41.7 Å². The van der Waals surface area contributed by atoms with Crippen LogP contribution in [-0.2, 0) is 9.84 Å². The molecule has 0 spiro atoms. The molecule has 0 aromatic heterocycles. The van der Waals surface area contributed by atoms with Crippen LogP contribution in [0.25, 0.3) is 0 Å². The van der Waals surface area contributed by atoms with E-state index in [0.717, 1.165) is 6.07 Å². The number of hydrogen-bond donors (Lipinski definition) is 4. The highest BCUT2D eigenvalue weighted by Crippen LogP contribution is 2.54. The van der Waals surface area contributed by atoms with Crippen molar-refractivity contribution in [1.82, 2.24) is 0 Å². The van der Waals surface area contributed by atoms with Crippen molar-refractivity contribution in [2.45, 2.75) is 67.0 Å².